The first-order valence-corrected chi connectivity index (χ1v) is 5.22. The third kappa shape index (κ3) is 2.57. The molecule has 0 aliphatic rings. The Kier molecular flexibility index (Phi) is 3.30. The van der Waals surface area contributed by atoms with E-state index in [1.54, 1.807) is 31.6 Å². The van der Waals surface area contributed by atoms with E-state index >= 15 is 0 Å². The van der Waals surface area contributed by atoms with Crippen LogP contribution in [-0.4, -0.2) is 27.9 Å². The zero-order valence-corrected chi connectivity index (χ0v) is 9.80. The van der Waals surface area contributed by atoms with Gasteiger partial charge in [0.25, 0.3) is 5.91 Å². The number of halogens is 1. The largest absolute Gasteiger partial charge is 0.310 e. The van der Waals surface area contributed by atoms with E-state index in [2.05, 4.69) is 15.0 Å². The van der Waals surface area contributed by atoms with Crippen molar-refractivity contribution in [2.75, 3.05) is 11.9 Å². The molecule has 86 valence electrons. The van der Waals surface area contributed by atoms with Gasteiger partial charge in [0.15, 0.2) is 0 Å². The maximum absolute atomic E-state index is 12.0. The van der Waals surface area contributed by atoms with Crippen molar-refractivity contribution in [3.05, 3.63) is 47.8 Å². The fourth-order valence-electron chi connectivity index (χ4n) is 1.30. The zero-order chi connectivity index (χ0) is 12.3. The van der Waals surface area contributed by atoms with Crippen LogP contribution in [0.3, 0.4) is 0 Å². The van der Waals surface area contributed by atoms with E-state index in [9.17, 15) is 4.79 Å². The van der Waals surface area contributed by atoms with Crippen molar-refractivity contribution in [3.8, 4) is 0 Å². The number of rotatable bonds is 2. The first-order chi connectivity index (χ1) is 8.18. The van der Waals surface area contributed by atoms with Gasteiger partial charge in [0.05, 0.1) is 12.4 Å². The third-order valence-electron chi connectivity index (χ3n) is 2.18. The summed E-state index contributed by atoms with van der Waals surface area (Å²) in [5.74, 6) is -0.272. The second kappa shape index (κ2) is 4.88. The Labute approximate surface area is 103 Å². The average Bonchev–Trinajstić information content (AvgIpc) is 2.38. The van der Waals surface area contributed by atoms with Crippen LogP contribution in [0.1, 0.15) is 10.5 Å². The highest BCUT2D eigenvalue weighted by Crippen LogP contribution is 2.13. The van der Waals surface area contributed by atoms with Gasteiger partial charge in [-0.2, -0.15) is 0 Å². The minimum Gasteiger partial charge on any atom is -0.310 e. The van der Waals surface area contributed by atoms with Crippen LogP contribution in [0, 0.1) is 0 Å². The lowest BCUT2D eigenvalue weighted by Gasteiger charge is -2.16. The molecular weight excluding hydrogens is 240 g/mol. The van der Waals surface area contributed by atoms with Crippen LogP contribution in [0.2, 0.25) is 5.15 Å². The molecule has 0 unspecified atom stereocenters. The van der Waals surface area contributed by atoms with Gasteiger partial charge in [-0.1, -0.05) is 11.6 Å². The van der Waals surface area contributed by atoms with Crippen molar-refractivity contribution < 1.29 is 4.79 Å². The highest BCUT2D eigenvalue weighted by molar-refractivity contribution is 6.29. The molecule has 0 radical (unpaired) electrons. The summed E-state index contributed by atoms with van der Waals surface area (Å²) in [6.45, 7) is 0. The van der Waals surface area contributed by atoms with Crippen molar-refractivity contribution in [1.82, 2.24) is 15.0 Å². The number of carbonyl (C=O) groups excluding carboxylic acids is 1. The van der Waals surface area contributed by atoms with Crippen LogP contribution in [0.25, 0.3) is 0 Å². The van der Waals surface area contributed by atoms with Gasteiger partial charge in [0.1, 0.15) is 10.8 Å². The molecule has 2 aromatic heterocycles. The monoisotopic (exact) mass is 248 g/mol. The second-order valence-electron chi connectivity index (χ2n) is 3.30. The Morgan fingerprint density at radius 3 is 2.59 bits per heavy atom. The Morgan fingerprint density at radius 2 is 1.94 bits per heavy atom. The summed E-state index contributed by atoms with van der Waals surface area (Å²) in [7, 11) is 1.65. The molecule has 17 heavy (non-hydrogen) atoms. The summed E-state index contributed by atoms with van der Waals surface area (Å²) in [4.78, 5) is 25.1. The summed E-state index contributed by atoms with van der Waals surface area (Å²) in [6.07, 6.45) is 5.99. The summed E-state index contributed by atoms with van der Waals surface area (Å²) in [5.41, 5.74) is 0.934. The topological polar surface area (TPSA) is 59.0 Å². The standard InChI is InChI=1S/C11H9ClN4O/c1-16(8-2-4-13-5-3-8)11(17)9-6-14-7-10(12)15-9/h2-7H,1H3. The van der Waals surface area contributed by atoms with Crippen LogP contribution < -0.4 is 4.90 Å². The molecule has 0 saturated carbocycles. The van der Waals surface area contributed by atoms with E-state index in [4.69, 9.17) is 11.6 Å². The Morgan fingerprint density at radius 1 is 1.24 bits per heavy atom. The van der Waals surface area contributed by atoms with Gasteiger partial charge in [-0.3, -0.25) is 14.8 Å². The molecule has 0 bridgehead atoms. The predicted molar refractivity (Wildman–Crippen MR) is 64.0 cm³/mol. The summed E-state index contributed by atoms with van der Waals surface area (Å²) in [5, 5.41) is 0.193. The maximum Gasteiger partial charge on any atom is 0.278 e. The van der Waals surface area contributed by atoms with Gasteiger partial charge in [-0.25, -0.2) is 4.98 Å². The van der Waals surface area contributed by atoms with Crippen molar-refractivity contribution in [2.45, 2.75) is 0 Å². The Bertz CT molecular complexity index is 532. The van der Waals surface area contributed by atoms with E-state index < -0.39 is 0 Å². The smallest absolute Gasteiger partial charge is 0.278 e. The van der Waals surface area contributed by atoms with E-state index in [-0.39, 0.29) is 16.8 Å². The van der Waals surface area contributed by atoms with Crippen LogP contribution in [0.4, 0.5) is 5.69 Å². The fourth-order valence-corrected chi connectivity index (χ4v) is 1.45. The van der Waals surface area contributed by atoms with Gasteiger partial charge in [0.2, 0.25) is 0 Å². The lowest BCUT2D eigenvalue weighted by Crippen LogP contribution is -2.27. The first kappa shape index (κ1) is 11.5. The van der Waals surface area contributed by atoms with E-state index in [0.717, 1.165) is 5.69 Å². The van der Waals surface area contributed by atoms with Crippen LogP contribution in [0.15, 0.2) is 36.9 Å². The summed E-state index contributed by atoms with van der Waals surface area (Å²) in [6, 6.07) is 3.46. The Balaban J connectivity index is 2.27. The van der Waals surface area contributed by atoms with Crippen molar-refractivity contribution in [1.29, 1.82) is 0 Å². The highest BCUT2D eigenvalue weighted by atomic mass is 35.5. The lowest BCUT2D eigenvalue weighted by molar-refractivity contribution is 0.0988. The first-order valence-electron chi connectivity index (χ1n) is 4.84. The molecule has 0 aromatic carbocycles. The average molecular weight is 249 g/mol. The zero-order valence-electron chi connectivity index (χ0n) is 9.04. The number of anilines is 1. The van der Waals surface area contributed by atoms with Gasteiger partial charge in [-0.05, 0) is 12.1 Å². The number of pyridine rings is 1. The normalized spacial score (nSPS) is 10.0. The molecule has 2 rings (SSSR count). The molecule has 6 heteroatoms. The predicted octanol–water partition coefficient (Wildman–Crippen LogP) is 1.80. The van der Waals surface area contributed by atoms with E-state index in [0.29, 0.717) is 0 Å². The Hall–Kier alpha value is -2.01. The second-order valence-corrected chi connectivity index (χ2v) is 3.68. The molecule has 0 spiro atoms. The quantitative estimate of drug-likeness (QED) is 0.813. The molecule has 0 atom stereocenters. The van der Waals surface area contributed by atoms with Gasteiger partial charge >= 0.3 is 0 Å². The van der Waals surface area contributed by atoms with Gasteiger partial charge in [-0.15, -0.1) is 0 Å². The molecule has 2 heterocycles. The lowest BCUT2D eigenvalue weighted by atomic mass is 10.3. The number of hydrogen-bond donors (Lipinski definition) is 0. The number of aromatic nitrogens is 3. The number of nitrogens with zero attached hydrogens (tertiary/aromatic N) is 4. The molecule has 5 nitrogen and oxygen atoms in total. The number of carbonyl (C=O) groups is 1. The minimum absolute atomic E-state index is 0.193. The van der Waals surface area contributed by atoms with Gasteiger partial charge in [0, 0.05) is 25.1 Å². The van der Waals surface area contributed by atoms with Crippen LogP contribution >= 0.6 is 11.6 Å². The van der Waals surface area contributed by atoms with Crippen LogP contribution in [-0.2, 0) is 0 Å². The van der Waals surface area contributed by atoms with Crippen LogP contribution in [0.5, 0.6) is 0 Å². The van der Waals surface area contributed by atoms with E-state index in [1.165, 1.54) is 17.3 Å². The van der Waals surface area contributed by atoms with Crippen molar-refractivity contribution in [2.24, 2.45) is 0 Å². The molecule has 0 N–H and O–H groups in total. The SMILES string of the molecule is CN(C(=O)c1cncc(Cl)n1)c1ccncc1. The molecular formula is C11H9ClN4O. The number of amides is 1. The summed E-state index contributed by atoms with van der Waals surface area (Å²) < 4.78 is 0. The third-order valence-corrected chi connectivity index (χ3v) is 2.36. The molecule has 0 aliphatic carbocycles. The van der Waals surface area contributed by atoms with Gasteiger partial charge < -0.3 is 4.90 Å². The maximum atomic E-state index is 12.0. The minimum atomic E-state index is -0.272. The van der Waals surface area contributed by atoms with Crippen molar-refractivity contribution in [3.63, 3.8) is 0 Å². The van der Waals surface area contributed by atoms with Crippen molar-refractivity contribution >= 4 is 23.2 Å². The highest BCUT2D eigenvalue weighted by Gasteiger charge is 2.15. The van der Waals surface area contributed by atoms with E-state index in [1.807, 2.05) is 0 Å². The molecule has 0 fully saturated rings. The number of hydrogen-bond acceptors (Lipinski definition) is 4. The summed E-state index contributed by atoms with van der Waals surface area (Å²) >= 11 is 5.69. The fraction of sp³-hybridized carbons (Fsp3) is 0.0909. The molecule has 0 aliphatic heterocycles. The molecule has 2 aromatic rings. The molecule has 1 amide bonds. The molecule has 0 saturated heterocycles.